The van der Waals surface area contributed by atoms with Gasteiger partial charge in [-0.05, 0) is 79.8 Å². The second-order valence-corrected chi connectivity index (χ2v) is 6.24. The maximum absolute atomic E-state index is 3.44. The molecule has 0 saturated carbocycles. The van der Waals surface area contributed by atoms with Gasteiger partial charge in [0.1, 0.15) is 0 Å². The quantitative estimate of drug-likeness (QED) is 0.601. The van der Waals surface area contributed by atoms with Crippen molar-refractivity contribution in [1.29, 1.82) is 0 Å². The van der Waals surface area contributed by atoms with Gasteiger partial charge in [0, 0.05) is 0 Å². The fraction of sp³-hybridized carbons (Fsp3) is 0.700. The molecule has 1 rings (SSSR count). The first-order valence-electron chi connectivity index (χ1n) is 9.00. The maximum atomic E-state index is 3.44. The molecular weight excluding hydrogens is 254 g/mol. The summed E-state index contributed by atoms with van der Waals surface area (Å²) in [6.45, 7) is 13.7. The van der Waals surface area contributed by atoms with E-state index in [0.717, 1.165) is 25.4 Å². The third-order valence-corrected chi connectivity index (χ3v) is 4.62. The van der Waals surface area contributed by atoms with Crippen molar-refractivity contribution in [3.8, 4) is 0 Å². The summed E-state index contributed by atoms with van der Waals surface area (Å²) >= 11 is 0. The SMILES string of the molecule is CCNCCC(C)CCc1c(CC)cc(CC)cc1CC. The Morgan fingerprint density at radius 1 is 0.905 bits per heavy atom. The zero-order chi connectivity index (χ0) is 15.7. The molecule has 0 aromatic heterocycles. The second-order valence-electron chi connectivity index (χ2n) is 6.24. The van der Waals surface area contributed by atoms with Crippen molar-refractivity contribution in [1.82, 2.24) is 5.32 Å². The highest BCUT2D eigenvalue weighted by atomic mass is 14.8. The lowest BCUT2D eigenvalue weighted by molar-refractivity contribution is 0.473. The van der Waals surface area contributed by atoms with Crippen LogP contribution in [0.5, 0.6) is 0 Å². The standard InChI is InChI=1S/C20H35N/c1-6-17-14-18(7-2)20(19(8-3)15-17)11-10-16(5)12-13-21-9-4/h14-16,21H,6-13H2,1-5H3. The van der Waals surface area contributed by atoms with Gasteiger partial charge in [0.25, 0.3) is 0 Å². The number of benzene rings is 1. The lowest BCUT2D eigenvalue weighted by Crippen LogP contribution is -2.17. The molecule has 1 atom stereocenters. The Kier molecular flexibility index (Phi) is 8.68. The molecule has 0 aliphatic rings. The Morgan fingerprint density at radius 3 is 2.00 bits per heavy atom. The van der Waals surface area contributed by atoms with Crippen LogP contribution in [-0.4, -0.2) is 13.1 Å². The molecule has 1 nitrogen and oxygen atoms in total. The van der Waals surface area contributed by atoms with E-state index >= 15 is 0 Å². The summed E-state index contributed by atoms with van der Waals surface area (Å²) in [6, 6.07) is 4.88. The van der Waals surface area contributed by atoms with Gasteiger partial charge in [0.2, 0.25) is 0 Å². The van der Waals surface area contributed by atoms with Crippen LogP contribution in [-0.2, 0) is 25.7 Å². The number of rotatable bonds is 10. The van der Waals surface area contributed by atoms with Crippen LogP contribution < -0.4 is 5.32 Å². The monoisotopic (exact) mass is 289 g/mol. The zero-order valence-corrected chi connectivity index (χ0v) is 14.9. The molecule has 120 valence electrons. The van der Waals surface area contributed by atoms with Crippen molar-refractivity contribution in [3.63, 3.8) is 0 Å². The van der Waals surface area contributed by atoms with Crippen molar-refractivity contribution >= 4 is 0 Å². The number of hydrogen-bond donors (Lipinski definition) is 1. The Hall–Kier alpha value is -0.820. The first-order valence-corrected chi connectivity index (χ1v) is 9.00. The van der Waals surface area contributed by atoms with Crippen LogP contribution in [0, 0.1) is 5.92 Å². The summed E-state index contributed by atoms with van der Waals surface area (Å²) in [5.41, 5.74) is 6.33. The van der Waals surface area contributed by atoms with E-state index in [1.54, 1.807) is 16.7 Å². The highest BCUT2D eigenvalue weighted by Crippen LogP contribution is 2.23. The van der Waals surface area contributed by atoms with E-state index in [-0.39, 0.29) is 0 Å². The first kappa shape index (κ1) is 18.2. The molecule has 0 amide bonds. The van der Waals surface area contributed by atoms with Crippen LogP contribution in [0.2, 0.25) is 0 Å². The van der Waals surface area contributed by atoms with E-state index in [1.807, 2.05) is 0 Å². The minimum absolute atomic E-state index is 0.810. The Bertz CT molecular complexity index is 383. The lowest BCUT2D eigenvalue weighted by atomic mass is 9.88. The van der Waals surface area contributed by atoms with Crippen LogP contribution in [0.3, 0.4) is 0 Å². The minimum Gasteiger partial charge on any atom is -0.317 e. The topological polar surface area (TPSA) is 12.0 Å². The molecule has 0 fully saturated rings. The molecule has 1 unspecified atom stereocenters. The Labute approximate surface area is 132 Å². The summed E-state index contributed by atoms with van der Waals surface area (Å²) in [4.78, 5) is 0. The Balaban J connectivity index is 2.72. The number of hydrogen-bond acceptors (Lipinski definition) is 1. The van der Waals surface area contributed by atoms with E-state index in [4.69, 9.17) is 0 Å². The predicted molar refractivity (Wildman–Crippen MR) is 95.2 cm³/mol. The second kappa shape index (κ2) is 10.00. The zero-order valence-electron chi connectivity index (χ0n) is 14.9. The van der Waals surface area contributed by atoms with E-state index in [2.05, 4.69) is 52.1 Å². The van der Waals surface area contributed by atoms with Gasteiger partial charge in [0.15, 0.2) is 0 Å². The van der Waals surface area contributed by atoms with Gasteiger partial charge >= 0.3 is 0 Å². The van der Waals surface area contributed by atoms with Crippen molar-refractivity contribution < 1.29 is 0 Å². The van der Waals surface area contributed by atoms with Crippen molar-refractivity contribution in [2.24, 2.45) is 5.92 Å². The molecule has 0 heterocycles. The molecular formula is C20H35N. The third kappa shape index (κ3) is 5.82. The molecule has 0 bridgehead atoms. The van der Waals surface area contributed by atoms with E-state index in [0.29, 0.717) is 0 Å². The summed E-state index contributed by atoms with van der Waals surface area (Å²) < 4.78 is 0. The molecule has 0 spiro atoms. The van der Waals surface area contributed by atoms with Crippen molar-refractivity contribution in [2.45, 2.75) is 73.1 Å². The summed E-state index contributed by atoms with van der Waals surface area (Å²) in [6.07, 6.45) is 7.35. The van der Waals surface area contributed by atoms with Crippen LogP contribution >= 0.6 is 0 Å². The smallest absolute Gasteiger partial charge is 0.00465 e. The first-order chi connectivity index (χ1) is 10.2. The highest BCUT2D eigenvalue weighted by molar-refractivity contribution is 5.39. The van der Waals surface area contributed by atoms with Crippen molar-refractivity contribution in [2.75, 3.05) is 13.1 Å². The van der Waals surface area contributed by atoms with Gasteiger partial charge in [-0.2, -0.15) is 0 Å². The van der Waals surface area contributed by atoms with Gasteiger partial charge in [-0.1, -0.05) is 46.8 Å². The largest absolute Gasteiger partial charge is 0.317 e. The average molecular weight is 290 g/mol. The van der Waals surface area contributed by atoms with Crippen LogP contribution in [0.4, 0.5) is 0 Å². The maximum Gasteiger partial charge on any atom is -0.00465 e. The fourth-order valence-corrected chi connectivity index (χ4v) is 3.09. The van der Waals surface area contributed by atoms with E-state index in [9.17, 15) is 0 Å². The van der Waals surface area contributed by atoms with Crippen LogP contribution in [0.15, 0.2) is 12.1 Å². The normalized spacial score (nSPS) is 12.6. The molecule has 1 aromatic carbocycles. The molecule has 1 aromatic rings. The van der Waals surface area contributed by atoms with Crippen LogP contribution in [0.1, 0.15) is 69.7 Å². The third-order valence-electron chi connectivity index (χ3n) is 4.62. The number of nitrogens with one attached hydrogen (secondary N) is 1. The Morgan fingerprint density at radius 2 is 1.52 bits per heavy atom. The average Bonchev–Trinajstić information content (AvgIpc) is 2.52. The molecule has 1 N–H and O–H groups in total. The molecule has 0 aliphatic carbocycles. The van der Waals surface area contributed by atoms with Crippen molar-refractivity contribution in [3.05, 3.63) is 34.4 Å². The van der Waals surface area contributed by atoms with Gasteiger partial charge in [0.05, 0.1) is 0 Å². The molecule has 0 radical (unpaired) electrons. The predicted octanol–water partition coefficient (Wildman–Crippen LogP) is 4.94. The van der Waals surface area contributed by atoms with Gasteiger partial charge < -0.3 is 5.32 Å². The summed E-state index contributed by atoms with van der Waals surface area (Å²) in [5, 5.41) is 3.44. The van der Waals surface area contributed by atoms with Gasteiger partial charge in [-0.3, -0.25) is 0 Å². The van der Waals surface area contributed by atoms with Gasteiger partial charge in [-0.15, -0.1) is 0 Å². The van der Waals surface area contributed by atoms with Gasteiger partial charge in [-0.25, -0.2) is 0 Å². The van der Waals surface area contributed by atoms with Crippen LogP contribution in [0.25, 0.3) is 0 Å². The summed E-state index contributed by atoms with van der Waals surface area (Å²) in [7, 11) is 0. The fourth-order valence-electron chi connectivity index (χ4n) is 3.09. The highest BCUT2D eigenvalue weighted by Gasteiger charge is 2.10. The van der Waals surface area contributed by atoms with E-state index < -0.39 is 0 Å². The van der Waals surface area contributed by atoms with E-state index in [1.165, 1.54) is 37.7 Å². The minimum atomic E-state index is 0.810. The lowest BCUT2D eigenvalue weighted by Gasteiger charge is -2.18. The summed E-state index contributed by atoms with van der Waals surface area (Å²) in [5.74, 6) is 0.810. The number of aryl methyl sites for hydroxylation is 3. The molecule has 1 heteroatoms. The molecule has 0 aliphatic heterocycles. The molecule has 21 heavy (non-hydrogen) atoms. The molecule has 0 saturated heterocycles.